The third kappa shape index (κ3) is 5.56. The minimum absolute atomic E-state index is 0.128. The molecule has 0 aliphatic rings. The fourth-order valence-electron chi connectivity index (χ4n) is 2.45. The van der Waals surface area contributed by atoms with Gasteiger partial charge in [0, 0.05) is 18.8 Å². The number of benzene rings is 2. The minimum atomic E-state index is -3.54. The largest absolute Gasteiger partial charge is 0.484 e. The van der Waals surface area contributed by atoms with Crippen LogP contribution in [0.5, 0.6) is 5.75 Å². The van der Waals surface area contributed by atoms with E-state index in [1.807, 2.05) is 38.1 Å². The van der Waals surface area contributed by atoms with E-state index in [0.29, 0.717) is 17.4 Å². The predicted molar refractivity (Wildman–Crippen MR) is 111 cm³/mol. The van der Waals surface area contributed by atoms with Gasteiger partial charge in [-0.05, 0) is 61.7 Å². The molecule has 0 spiro atoms. The summed E-state index contributed by atoms with van der Waals surface area (Å²) in [6.07, 6.45) is 0. The van der Waals surface area contributed by atoms with Gasteiger partial charge >= 0.3 is 0 Å². The van der Waals surface area contributed by atoms with Crippen LogP contribution in [-0.2, 0) is 14.8 Å². The summed E-state index contributed by atoms with van der Waals surface area (Å²) in [5, 5.41) is 2.70. The number of nitrogens with one attached hydrogen (secondary N) is 1. The van der Waals surface area contributed by atoms with Gasteiger partial charge in [0.15, 0.2) is 6.61 Å². The van der Waals surface area contributed by atoms with Crippen LogP contribution < -0.4 is 10.1 Å². The fourth-order valence-corrected chi connectivity index (χ4v) is 3.82. The molecule has 0 radical (unpaired) electrons. The van der Waals surface area contributed by atoms with E-state index >= 15 is 0 Å². The minimum Gasteiger partial charge on any atom is -0.484 e. The van der Waals surface area contributed by atoms with E-state index in [1.54, 1.807) is 19.2 Å². The standard InChI is InChI=1S/C21H28N2O4S/c1-15(2)17-6-10-19(11-7-17)27-14-21(24)22-18-8-12-20(13-9-18)28(25,26)23(5)16(3)4/h6-13,15-16H,14H2,1-5H3,(H,22,24). The Balaban J connectivity index is 1.94. The second kappa shape index (κ2) is 9.21. The van der Waals surface area contributed by atoms with E-state index in [1.165, 1.54) is 22.0 Å². The number of anilines is 1. The number of hydrogen-bond donors (Lipinski definition) is 1. The smallest absolute Gasteiger partial charge is 0.262 e. The lowest BCUT2D eigenvalue weighted by molar-refractivity contribution is -0.118. The average molecular weight is 405 g/mol. The quantitative estimate of drug-likeness (QED) is 0.725. The van der Waals surface area contributed by atoms with Crippen molar-refractivity contribution in [2.45, 2.75) is 44.6 Å². The molecule has 2 rings (SSSR count). The lowest BCUT2D eigenvalue weighted by Crippen LogP contribution is -2.33. The van der Waals surface area contributed by atoms with E-state index in [-0.39, 0.29) is 23.5 Å². The molecule has 0 saturated heterocycles. The predicted octanol–water partition coefficient (Wildman–Crippen LogP) is 3.86. The van der Waals surface area contributed by atoms with Crippen molar-refractivity contribution in [2.24, 2.45) is 0 Å². The number of amides is 1. The van der Waals surface area contributed by atoms with Gasteiger partial charge in [0.25, 0.3) is 5.91 Å². The molecule has 6 nitrogen and oxygen atoms in total. The number of nitrogens with zero attached hydrogens (tertiary/aromatic N) is 1. The molecule has 0 unspecified atom stereocenters. The van der Waals surface area contributed by atoms with Crippen LogP contribution in [0, 0.1) is 0 Å². The highest BCUT2D eigenvalue weighted by Crippen LogP contribution is 2.20. The summed E-state index contributed by atoms with van der Waals surface area (Å²) in [5.74, 6) is 0.741. The maximum atomic E-state index is 12.5. The van der Waals surface area contributed by atoms with Gasteiger partial charge < -0.3 is 10.1 Å². The molecule has 152 valence electrons. The van der Waals surface area contributed by atoms with Gasteiger partial charge in [0.05, 0.1) is 4.90 Å². The number of ether oxygens (including phenoxy) is 1. The summed E-state index contributed by atoms with van der Waals surface area (Å²) in [4.78, 5) is 12.3. The molecule has 7 heteroatoms. The summed E-state index contributed by atoms with van der Waals surface area (Å²) in [6.45, 7) is 7.71. The molecule has 1 N–H and O–H groups in total. The lowest BCUT2D eigenvalue weighted by atomic mass is 10.0. The van der Waals surface area contributed by atoms with Crippen molar-refractivity contribution < 1.29 is 17.9 Å². The first-order valence-electron chi connectivity index (χ1n) is 9.22. The number of sulfonamides is 1. The summed E-state index contributed by atoms with van der Waals surface area (Å²) in [6, 6.07) is 13.6. The molecular formula is C21H28N2O4S. The van der Waals surface area contributed by atoms with Crippen molar-refractivity contribution in [3.63, 3.8) is 0 Å². The summed E-state index contributed by atoms with van der Waals surface area (Å²) < 4.78 is 31.7. The molecule has 0 aliphatic heterocycles. The molecular weight excluding hydrogens is 376 g/mol. The van der Waals surface area contributed by atoms with Gasteiger partial charge in [-0.1, -0.05) is 26.0 Å². The Morgan fingerprint density at radius 1 is 1.00 bits per heavy atom. The van der Waals surface area contributed by atoms with Gasteiger partial charge in [-0.15, -0.1) is 0 Å². The second-order valence-electron chi connectivity index (χ2n) is 7.20. The van der Waals surface area contributed by atoms with Crippen molar-refractivity contribution in [1.82, 2.24) is 4.31 Å². The molecule has 0 aromatic heterocycles. The molecule has 0 heterocycles. The van der Waals surface area contributed by atoms with Crippen LogP contribution in [0.25, 0.3) is 0 Å². The highest BCUT2D eigenvalue weighted by Gasteiger charge is 2.22. The van der Waals surface area contributed by atoms with Crippen molar-refractivity contribution >= 4 is 21.6 Å². The molecule has 0 bridgehead atoms. The van der Waals surface area contributed by atoms with Crippen LogP contribution in [0.2, 0.25) is 0 Å². The second-order valence-corrected chi connectivity index (χ2v) is 9.20. The Hall–Kier alpha value is -2.38. The van der Waals surface area contributed by atoms with Crippen molar-refractivity contribution in [3.8, 4) is 5.75 Å². The van der Waals surface area contributed by atoms with Crippen LogP contribution in [-0.4, -0.2) is 38.3 Å². The maximum absolute atomic E-state index is 12.5. The number of carbonyl (C=O) groups excluding carboxylic acids is 1. The molecule has 0 fully saturated rings. The Morgan fingerprint density at radius 2 is 1.57 bits per heavy atom. The monoisotopic (exact) mass is 404 g/mol. The number of rotatable bonds is 8. The van der Waals surface area contributed by atoms with E-state index in [0.717, 1.165) is 0 Å². The van der Waals surface area contributed by atoms with Crippen LogP contribution in [0.3, 0.4) is 0 Å². The lowest BCUT2D eigenvalue weighted by Gasteiger charge is -2.21. The third-order valence-corrected chi connectivity index (χ3v) is 6.51. The van der Waals surface area contributed by atoms with Gasteiger partial charge in [-0.3, -0.25) is 4.79 Å². The molecule has 1 amide bonds. The van der Waals surface area contributed by atoms with E-state index < -0.39 is 10.0 Å². The van der Waals surface area contributed by atoms with E-state index in [9.17, 15) is 13.2 Å². The molecule has 0 saturated carbocycles. The number of carbonyl (C=O) groups is 1. The maximum Gasteiger partial charge on any atom is 0.262 e. The SMILES string of the molecule is CC(C)c1ccc(OCC(=O)Nc2ccc(S(=O)(=O)N(C)C(C)C)cc2)cc1. The average Bonchev–Trinajstić information content (AvgIpc) is 2.66. The Labute approximate surface area is 167 Å². The van der Waals surface area contributed by atoms with Gasteiger partial charge in [0.2, 0.25) is 10.0 Å². The molecule has 2 aromatic rings. The number of hydrogen-bond acceptors (Lipinski definition) is 4. The van der Waals surface area contributed by atoms with Crippen molar-refractivity contribution in [1.29, 1.82) is 0 Å². The first-order valence-corrected chi connectivity index (χ1v) is 10.7. The summed E-state index contributed by atoms with van der Waals surface area (Å²) >= 11 is 0. The molecule has 2 aromatic carbocycles. The Kier molecular flexibility index (Phi) is 7.21. The Bertz CT molecular complexity index is 889. The Morgan fingerprint density at radius 3 is 2.07 bits per heavy atom. The van der Waals surface area contributed by atoms with Gasteiger partial charge in [-0.2, -0.15) is 4.31 Å². The van der Waals surface area contributed by atoms with E-state index in [2.05, 4.69) is 19.2 Å². The van der Waals surface area contributed by atoms with Crippen LogP contribution >= 0.6 is 0 Å². The topological polar surface area (TPSA) is 75.7 Å². The third-order valence-electron chi connectivity index (χ3n) is 4.46. The molecule has 0 aliphatic carbocycles. The normalized spacial score (nSPS) is 11.9. The van der Waals surface area contributed by atoms with Crippen LogP contribution in [0.15, 0.2) is 53.4 Å². The zero-order chi connectivity index (χ0) is 20.9. The first kappa shape index (κ1) is 21.9. The van der Waals surface area contributed by atoms with Crippen molar-refractivity contribution in [3.05, 3.63) is 54.1 Å². The zero-order valence-electron chi connectivity index (χ0n) is 17.0. The van der Waals surface area contributed by atoms with Crippen LogP contribution in [0.1, 0.15) is 39.2 Å². The summed E-state index contributed by atoms with van der Waals surface area (Å²) in [5.41, 5.74) is 1.71. The van der Waals surface area contributed by atoms with Gasteiger partial charge in [-0.25, -0.2) is 8.42 Å². The van der Waals surface area contributed by atoms with Crippen LogP contribution in [0.4, 0.5) is 5.69 Å². The molecule has 0 atom stereocenters. The zero-order valence-corrected chi connectivity index (χ0v) is 17.8. The molecule has 28 heavy (non-hydrogen) atoms. The first-order chi connectivity index (χ1) is 13.1. The highest BCUT2D eigenvalue weighted by atomic mass is 32.2. The van der Waals surface area contributed by atoms with Crippen molar-refractivity contribution in [2.75, 3.05) is 19.0 Å². The summed E-state index contributed by atoms with van der Waals surface area (Å²) in [7, 11) is -2.00. The van der Waals surface area contributed by atoms with Gasteiger partial charge in [0.1, 0.15) is 5.75 Å². The fraction of sp³-hybridized carbons (Fsp3) is 0.381. The van der Waals surface area contributed by atoms with E-state index in [4.69, 9.17) is 4.74 Å². The highest BCUT2D eigenvalue weighted by molar-refractivity contribution is 7.89.